The Bertz CT molecular complexity index is 357. The molecule has 1 aromatic rings. The Balaban J connectivity index is 2.29. The van der Waals surface area contributed by atoms with Crippen LogP contribution in [-0.4, -0.2) is 13.1 Å². The molecule has 0 saturated heterocycles. The summed E-state index contributed by atoms with van der Waals surface area (Å²) >= 11 is 0. The van der Waals surface area contributed by atoms with Crippen molar-refractivity contribution in [2.24, 2.45) is 0 Å². The van der Waals surface area contributed by atoms with Gasteiger partial charge in [-0.2, -0.15) is 13.2 Å². The largest absolute Gasteiger partial charge is 0.468 e. The van der Waals surface area contributed by atoms with Crippen molar-refractivity contribution in [3.8, 4) is 0 Å². The van der Waals surface area contributed by atoms with E-state index < -0.39 is 11.7 Å². The highest BCUT2D eigenvalue weighted by molar-refractivity contribution is 5.36. The summed E-state index contributed by atoms with van der Waals surface area (Å²) in [5.41, 5.74) is 0.268. The Morgan fingerprint density at radius 1 is 1.06 bits per heavy atom. The van der Waals surface area contributed by atoms with E-state index >= 15 is 0 Å². The monoisotopic (exact) mass is 260 g/mol. The van der Waals surface area contributed by atoms with Crippen LogP contribution < -0.4 is 0 Å². The van der Waals surface area contributed by atoms with E-state index in [1.54, 1.807) is 0 Å². The van der Waals surface area contributed by atoms with Gasteiger partial charge in [-0.25, -0.2) is 0 Å². The first-order valence-electron chi connectivity index (χ1n) is 5.75. The van der Waals surface area contributed by atoms with Crippen molar-refractivity contribution in [3.05, 3.63) is 35.4 Å². The summed E-state index contributed by atoms with van der Waals surface area (Å²) in [5, 5.41) is 0. The van der Waals surface area contributed by atoms with Gasteiger partial charge in [0.2, 0.25) is 0 Å². The molecule has 0 aliphatic rings. The van der Waals surface area contributed by atoms with Crippen LogP contribution in [0.1, 0.15) is 30.4 Å². The molecule has 0 spiro atoms. The molecule has 0 aliphatic heterocycles. The minimum atomic E-state index is -4.27. The molecule has 0 saturated carbocycles. The third-order valence-electron chi connectivity index (χ3n) is 2.58. The molecule has 1 rings (SSSR count). The quantitative estimate of drug-likeness (QED) is 0.553. The molecule has 1 aromatic carbocycles. The van der Waals surface area contributed by atoms with Crippen molar-refractivity contribution in [2.45, 2.75) is 31.9 Å². The maximum atomic E-state index is 12.3. The number of alkyl halides is 3. The van der Waals surface area contributed by atoms with Gasteiger partial charge in [-0.1, -0.05) is 12.1 Å². The first kappa shape index (κ1) is 14.5. The fourth-order valence-electron chi connectivity index (χ4n) is 1.60. The SMILES string of the molecule is O=COCCCCCc1ccc(C(F)(F)F)cc1. The van der Waals surface area contributed by atoms with Crippen LogP contribution in [0.25, 0.3) is 0 Å². The predicted octanol–water partition coefficient (Wildman–Crippen LogP) is 3.59. The third kappa shape index (κ3) is 5.21. The summed E-state index contributed by atoms with van der Waals surface area (Å²) in [7, 11) is 0. The summed E-state index contributed by atoms with van der Waals surface area (Å²) in [6.45, 7) is 0.812. The smallest absolute Gasteiger partial charge is 0.416 e. The van der Waals surface area contributed by atoms with E-state index in [1.165, 1.54) is 12.1 Å². The van der Waals surface area contributed by atoms with Gasteiger partial charge in [0.15, 0.2) is 0 Å². The second-order valence-corrected chi connectivity index (χ2v) is 3.97. The van der Waals surface area contributed by atoms with Crippen LogP contribution in [0.3, 0.4) is 0 Å². The first-order chi connectivity index (χ1) is 8.54. The summed E-state index contributed by atoms with van der Waals surface area (Å²) < 4.78 is 41.4. The number of rotatable bonds is 7. The molecule has 100 valence electrons. The van der Waals surface area contributed by atoms with E-state index in [-0.39, 0.29) is 0 Å². The van der Waals surface area contributed by atoms with Gasteiger partial charge in [0.05, 0.1) is 12.2 Å². The van der Waals surface area contributed by atoms with E-state index in [1.807, 2.05) is 0 Å². The zero-order chi connectivity index (χ0) is 13.4. The van der Waals surface area contributed by atoms with Crippen molar-refractivity contribution in [1.82, 2.24) is 0 Å². The zero-order valence-corrected chi connectivity index (χ0v) is 9.87. The first-order valence-corrected chi connectivity index (χ1v) is 5.75. The molecule has 0 N–H and O–H groups in total. The lowest BCUT2D eigenvalue weighted by molar-refractivity contribution is -0.137. The summed E-state index contributed by atoms with van der Waals surface area (Å²) in [6.07, 6.45) is -1.01. The Kier molecular flexibility index (Phi) is 5.68. The molecular formula is C13H15F3O2. The number of carbonyl (C=O) groups excluding carboxylic acids is 1. The van der Waals surface area contributed by atoms with Gasteiger partial charge in [0.25, 0.3) is 6.47 Å². The van der Waals surface area contributed by atoms with Gasteiger partial charge in [-0.3, -0.25) is 4.79 Å². The van der Waals surface area contributed by atoms with E-state index in [0.29, 0.717) is 13.1 Å². The number of unbranched alkanes of at least 4 members (excludes halogenated alkanes) is 2. The van der Waals surface area contributed by atoms with Crippen LogP contribution in [0.4, 0.5) is 13.2 Å². The lowest BCUT2D eigenvalue weighted by atomic mass is 10.1. The number of halogens is 3. The Morgan fingerprint density at radius 2 is 1.72 bits per heavy atom. The molecular weight excluding hydrogens is 245 g/mol. The normalized spacial score (nSPS) is 11.3. The fraction of sp³-hybridized carbons (Fsp3) is 0.462. The van der Waals surface area contributed by atoms with Crippen molar-refractivity contribution in [2.75, 3.05) is 6.61 Å². The molecule has 2 nitrogen and oxygen atoms in total. The van der Waals surface area contributed by atoms with Crippen LogP contribution in [0.15, 0.2) is 24.3 Å². The summed E-state index contributed by atoms with van der Waals surface area (Å²) in [6, 6.07) is 5.21. The molecule has 18 heavy (non-hydrogen) atoms. The lowest BCUT2D eigenvalue weighted by Gasteiger charge is -2.07. The van der Waals surface area contributed by atoms with Crippen LogP contribution in [0.2, 0.25) is 0 Å². The standard InChI is InChI=1S/C13H15F3O2/c14-13(15,16)12-7-5-11(6-8-12)4-2-1-3-9-18-10-17/h5-8,10H,1-4,9H2. The van der Waals surface area contributed by atoms with Crippen LogP contribution in [0, 0.1) is 0 Å². The van der Waals surface area contributed by atoms with Gasteiger partial charge >= 0.3 is 6.18 Å². The lowest BCUT2D eigenvalue weighted by Crippen LogP contribution is -2.04. The van der Waals surface area contributed by atoms with E-state index in [2.05, 4.69) is 4.74 Å². The topological polar surface area (TPSA) is 26.3 Å². The highest BCUT2D eigenvalue weighted by atomic mass is 19.4. The van der Waals surface area contributed by atoms with Crippen LogP contribution >= 0.6 is 0 Å². The number of carbonyl (C=O) groups is 1. The summed E-state index contributed by atoms with van der Waals surface area (Å²) in [4.78, 5) is 9.86. The molecule has 0 heterocycles. The average Bonchev–Trinajstić information content (AvgIpc) is 2.33. The summed E-state index contributed by atoms with van der Waals surface area (Å²) in [5.74, 6) is 0. The predicted molar refractivity (Wildman–Crippen MR) is 61.0 cm³/mol. The molecule has 0 unspecified atom stereocenters. The number of benzene rings is 1. The molecule has 5 heteroatoms. The van der Waals surface area contributed by atoms with Crippen molar-refractivity contribution in [1.29, 1.82) is 0 Å². The number of hydrogen-bond acceptors (Lipinski definition) is 2. The number of ether oxygens (including phenoxy) is 1. The maximum Gasteiger partial charge on any atom is 0.416 e. The minimum Gasteiger partial charge on any atom is -0.468 e. The van der Waals surface area contributed by atoms with Gasteiger partial charge in [0, 0.05) is 0 Å². The second-order valence-electron chi connectivity index (χ2n) is 3.97. The molecule has 0 atom stereocenters. The van der Waals surface area contributed by atoms with Gasteiger partial charge in [-0.05, 0) is 43.4 Å². The molecule has 0 bridgehead atoms. The van der Waals surface area contributed by atoms with Crippen molar-refractivity contribution in [3.63, 3.8) is 0 Å². The van der Waals surface area contributed by atoms with Gasteiger partial charge in [0.1, 0.15) is 0 Å². The van der Waals surface area contributed by atoms with Crippen LogP contribution in [0.5, 0.6) is 0 Å². The van der Waals surface area contributed by atoms with Gasteiger partial charge in [-0.15, -0.1) is 0 Å². The molecule has 0 aromatic heterocycles. The molecule has 0 fully saturated rings. The zero-order valence-electron chi connectivity index (χ0n) is 9.87. The third-order valence-corrected chi connectivity index (χ3v) is 2.58. The Hall–Kier alpha value is -1.52. The number of aryl methyl sites for hydroxylation is 1. The Labute approximate surface area is 104 Å². The highest BCUT2D eigenvalue weighted by Crippen LogP contribution is 2.29. The molecule has 0 amide bonds. The van der Waals surface area contributed by atoms with Crippen LogP contribution in [-0.2, 0) is 22.1 Å². The van der Waals surface area contributed by atoms with Gasteiger partial charge < -0.3 is 4.74 Å². The van der Waals surface area contributed by atoms with E-state index in [0.717, 1.165) is 43.4 Å². The highest BCUT2D eigenvalue weighted by Gasteiger charge is 2.29. The second kappa shape index (κ2) is 7.03. The van der Waals surface area contributed by atoms with E-state index in [4.69, 9.17) is 0 Å². The minimum absolute atomic E-state index is 0.399. The maximum absolute atomic E-state index is 12.3. The Morgan fingerprint density at radius 3 is 2.28 bits per heavy atom. The van der Waals surface area contributed by atoms with Crippen molar-refractivity contribution < 1.29 is 22.7 Å². The number of hydrogen-bond donors (Lipinski definition) is 0. The van der Waals surface area contributed by atoms with E-state index in [9.17, 15) is 18.0 Å². The molecule has 0 radical (unpaired) electrons. The van der Waals surface area contributed by atoms with Crippen molar-refractivity contribution >= 4 is 6.47 Å². The molecule has 0 aliphatic carbocycles. The fourth-order valence-corrected chi connectivity index (χ4v) is 1.60. The average molecular weight is 260 g/mol.